The number of hydrogen-bond acceptors (Lipinski definition) is 3. The van der Waals surface area contributed by atoms with Gasteiger partial charge in [-0.2, -0.15) is 0 Å². The second-order valence-electron chi connectivity index (χ2n) is 6.04. The van der Waals surface area contributed by atoms with Crippen molar-refractivity contribution >= 4 is 11.8 Å². The molecular formula is C17H25N3O2. The van der Waals surface area contributed by atoms with Gasteiger partial charge in [0.05, 0.1) is 12.6 Å². The molecule has 0 bridgehead atoms. The molecule has 0 saturated carbocycles. The molecule has 1 aliphatic rings. The Morgan fingerprint density at radius 3 is 2.41 bits per heavy atom. The summed E-state index contributed by atoms with van der Waals surface area (Å²) in [6, 6.07) is 10.1. The van der Waals surface area contributed by atoms with Gasteiger partial charge < -0.3 is 10.6 Å². The van der Waals surface area contributed by atoms with E-state index in [0.717, 1.165) is 31.5 Å². The minimum Gasteiger partial charge on any atom is -0.369 e. The number of piperidine rings is 1. The van der Waals surface area contributed by atoms with E-state index in [2.05, 4.69) is 4.90 Å². The van der Waals surface area contributed by atoms with Gasteiger partial charge in [-0.3, -0.25) is 14.5 Å². The third-order valence-electron chi connectivity index (χ3n) is 4.61. The van der Waals surface area contributed by atoms with Gasteiger partial charge in [-0.05, 0) is 38.4 Å². The van der Waals surface area contributed by atoms with Gasteiger partial charge in [-0.25, -0.2) is 0 Å². The van der Waals surface area contributed by atoms with Crippen molar-refractivity contribution in [1.82, 2.24) is 9.80 Å². The van der Waals surface area contributed by atoms with Crippen molar-refractivity contribution in [2.24, 2.45) is 11.7 Å². The maximum atomic E-state index is 12.4. The van der Waals surface area contributed by atoms with Crippen LogP contribution in [0.1, 0.15) is 31.4 Å². The quantitative estimate of drug-likeness (QED) is 0.894. The number of hydrogen-bond donors (Lipinski definition) is 1. The Hall–Kier alpha value is -1.88. The molecule has 120 valence electrons. The van der Waals surface area contributed by atoms with Crippen LogP contribution in [-0.4, -0.2) is 48.3 Å². The molecule has 5 heteroatoms. The summed E-state index contributed by atoms with van der Waals surface area (Å²) in [6.07, 6.45) is 1.50. The van der Waals surface area contributed by atoms with Crippen LogP contribution in [0.15, 0.2) is 30.3 Å². The van der Waals surface area contributed by atoms with E-state index in [4.69, 9.17) is 5.73 Å². The number of likely N-dealkylation sites (N-methyl/N-ethyl adjacent to an activating group) is 1. The van der Waals surface area contributed by atoms with Crippen molar-refractivity contribution < 1.29 is 9.59 Å². The van der Waals surface area contributed by atoms with Gasteiger partial charge in [0.25, 0.3) is 0 Å². The van der Waals surface area contributed by atoms with Gasteiger partial charge in [0.15, 0.2) is 0 Å². The molecule has 0 aromatic heterocycles. The Balaban J connectivity index is 1.86. The summed E-state index contributed by atoms with van der Waals surface area (Å²) in [5.74, 6) is -0.151. The van der Waals surface area contributed by atoms with E-state index in [1.54, 1.807) is 4.90 Å². The van der Waals surface area contributed by atoms with Gasteiger partial charge in [0.2, 0.25) is 11.8 Å². The summed E-state index contributed by atoms with van der Waals surface area (Å²) >= 11 is 0. The predicted molar refractivity (Wildman–Crippen MR) is 86.0 cm³/mol. The van der Waals surface area contributed by atoms with Gasteiger partial charge in [0.1, 0.15) is 0 Å². The van der Waals surface area contributed by atoms with E-state index >= 15 is 0 Å². The Bertz CT molecular complexity index is 510. The minimum absolute atomic E-state index is 0.0349. The second-order valence-corrected chi connectivity index (χ2v) is 6.04. The zero-order chi connectivity index (χ0) is 16.1. The van der Waals surface area contributed by atoms with Gasteiger partial charge >= 0.3 is 0 Å². The van der Waals surface area contributed by atoms with E-state index in [1.165, 1.54) is 0 Å². The topological polar surface area (TPSA) is 66.6 Å². The summed E-state index contributed by atoms with van der Waals surface area (Å²) in [7, 11) is 1.84. The SMILES string of the molecule is C[C@@H](c1ccccc1)N(C)C(=O)CN1CCC(C(N)=O)CC1. The van der Waals surface area contributed by atoms with E-state index in [9.17, 15) is 9.59 Å². The van der Waals surface area contributed by atoms with Crippen molar-refractivity contribution in [1.29, 1.82) is 0 Å². The van der Waals surface area contributed by atoms with E-state index in [-0.39, 0.29) is 23.8 Å². The first-order valence-electron chi connectivity index (χ1n) is 7.81. The van der Waals surface area contributed by atoms with Crippen LogP contribution in [0.25, 0.3) is 0 Å². The number of benzene rings is 1. The average molecular weight is 303 g/mol. The van der Waals surface area contributed by atoms with Crippen LogP contribution in [0.3, 0.4) is 0 Å². The third kappa shape index (κ3) is 4.07. The summed E-state index contributed by atoms with van der Waals surface area (Å²) in [4.78, 5) is 27.5. The van der Waals surface area contributed by atoms with Crippen LogP contribution < -0.4 is 5.73 Å². The number of rotatable bonds is 5. The molecule has 2 rings (SSSR count). The number of carbonyl (C=O) groups is 2. The predicted octanol–water partition coefficient (Wildman–Crippen LogP) is 1.40. The van der Waals surface area contributed by atoms with Crippen molar-refractivity contribution in [2.75, 3.05) is 26.7 Å². The van der Waals surface area contributed by atoms with Crippen LogP contribution in [0.5, 0.6) is 0 Å². The fourth-order valence-electron chi connectivity index (χ4n) is 2.85. The number of primary amides is 1. The number of nitrogens with two attached hydrogens (primary N) is 1. The van der Waals surface area contributed by atoms with Crippen molar-refractivity contribution in [3.8, 4) is 0 Å². The normalized spacial score (nSPS) is 17.9. The van der Waals surface area contributed by atoms with Crippen LogP contribution in [0.4, 0.5) is 0 Å². The highest BCUT2D eigenvalue weighted by atomic mass is 16.2. The van der Waals surface area contributed by atoms with Gasteiger partial charge in [0, 0.05) is 13.0 Å². The van der Waals surface area contributed by atoms with Crippen LogP contribution in [0.2, 0.25) is 0 Å². The molecule has 1 heterocycles. The molecule has 1 fully saturated rings. The smallest absolute Gasteiger partial charge is 0.236 e. The molecule has 2 N–H and O–H groups in total. The lowest BCUT2D eigenvalue weighted by Crippen LogP contribution is -2.44. The number of nitrogens with zero attached hydrogens (tertiary/aromatic N) is 2. The molecule has 0 spiro atoms. The molecule has 1 aromatic rings. The van der Waals surface area contributed by atoms with Crippen LogP contribution in [0, 0.1) is 5.92 Å². The third-order valence-corrected chi connectivity index (χ3v) is 4.61. The van der Waals surface area contributed by atoms with Gasteiger partial charge in [-0.1, -0.05) is 30.3 Å². The summed E-state index contributed by atoms with van der Waals surface area (Å²) in [6.45, 7) is 3.95. The Kier molecular flexibility index (Phi) is 5.55. The molecule has 1 aromatic carbocycles. The highest BCUT2D eigenvalue weighted by Crippen LogP contribution is 2.20. The average Bonchev–Trinajstić information content (AvgIpc) is 2.54. The second kappa shape index (κ2) is 7.40. The van der Waals surface area contributed by atoms with Crippen molar-refractivity contribution in [2.45, 2.75) is 25.8 Å². The first kappa shape index (κ1) is 16.5. The fourth-order valence-corrected chi connectivity index (χ4v) is 2.85. The molecule has 0 unspecified atom stereocenters. The molecule has 2 amide bonds. The molecule has 0 aliphatic carbocycles. The maximum Gasteiger partial charge on any atom is 0.236 e. The fraction of sp³-hybridized carbons (Fsp3) is 0.529. The first-order chi connectivity index (χ1) is 10.5. The zero-order valence-corrected chi connectivity index (χ0v) is 13.4. The maximum absolute atomic E-state index is 12.4. The molecular weight excluding hydrogens is 278 g/mol. The first-order valence-corrected chi connectivity index (χ1v) is 7.81. The molecule has 1 aliphatic heterocycles. The molecule has 1 atom stereocenters. The number of amides is 2. The summed E-state index contributed by atoms with van der Waals surface area (Å²) in [5.41, 5.74) is 6.46. The number of likely N-dealkylation sites (tertiary alicyclic amines) is 1. The zero-order valence-electron chi connectivity index (χ0n) is 13.4. The Morgan fingerprint density at radius 1 is 1.27 bits per heavy atom. The number of carbonyl (C=O) groups excluding carboxylic acids is 2. The van der Waals surface area contributed by atoms with Crippen molar-refractivity contribution in [3.63, 3.8) is 0 Å². The summed E-state index contributed by atoms with van der Waals surface area (Å²) in [5, 5.41) is 0. The Morgan fingerprint density at radius 2 is 1.86 bits per heavy atom. The van der Waals surface area contributed by atoms with Crippen molar-refractivity contribution in [3.05, 3.63) is 35.9 Å². The molecule has 22 heavy (non-hydrogen) atoms. The summed E-state index contributed by atoms with van der Waals surface area (Å²) < 4.78 is 0. The molecule has 0 radical (unpaired) electrons. The van der Waals surface area contributed by atoms with Gasteiger partial charge in [-0.15, -0.1) is 0 Å². The standard InChI is InChI=1S/C17H25N3O2/c1-13(14-6-4-3-5-7-14)19(2)16(21)12-20-10-8-15(9-11-20)17(18)22/h3-7,13,15H,8-12H2,1-2H3,(H2,18,22)/t13-/m0/s1. The largest absolute Gasteiger partial charge is 0.369 e. The Labute approximate surface area is 132 Å². The van der Waals surface area contributed by atoms with Crippen LogP contribution >= 0.6 is 0 Å². The van der Waals surface area contributed by atoms with E-state index in [1.807, 2.05) is 44.3 Å². The lowest BCUT2D eigenvalue weighted by molar-refractivity contribution is -0.133. The highest BCUT2D eigenvalue weighted by molar-refractivity contribution is 5.79. The lowest BCUT2D eigenvalue weighted by atomic mass is 9.96. The van der Waals surface area contributed by atoms with E-state index < -0.39 is 0 Å². The highest BCUT2D eigenvalue weighted by Gasteiger charge is 2.26. The lowest BCUT2D eigenvalue weighted by Gasteiger charge is -2.32. The van der Waals surface area contributed by atoms with Crippen LogP contribution in [-0.2, 0) is 9.59 Å². The van der Waals surface area contributed by atoms with E-state index in [0.29, 0.717) is 6.54 Å². The molecule has 1 saturated heterocycles. The monoisotopic (exact) mass is 303 g/mol. The molecule has 5 nitrogen and oxygen atoms in total. The minimum atomic E-state index is -0.221.